The number of imidazole rings is 1. The molecule has 2 aromatic rings. The zero-order valence-corrected chi connectivity index (χ0v) is 14.2. The van der Waals surface area contributed by atoms with Crippen molar-refractivity contribution in [1.82, 2.24) is 14.9 Å². The van der Waals surface area contributed by atoms with Gasteiger partial charge in [-0.1, -0.05) is 19.1 Å². The van der Waals surface area contributed by atoms with Crippen LogP contribution in [0.4, 0.5) is 0 Å². The number of aromatic amines is 1. The normalized spacial score (nSPS) is 12.6. The third kappa shape index (κ3) is 5.69. The number of benzene rings is 1. The van der Waals surface area contributed by atoms with Crippen LogP contribution in [0.1, 0.15) is 37.4 Å². The number of rotatable bonds is 9. The number of nitrogens with zero attached hydrogens (tertiary/aromatic N) is 2. The lowest BCUT2D eigenvalue weighted by atomic mass is 10.2. The molecule has 0 radical (unpaired) electrons. The molecule has 0 aliphatic rings. The molecule has 0 saturated heterocycles. The van der Waals surface area contributed by atoms with Gasteiger partial charge in [-0.3, -0.25) is 4.90 Å². The van der Waals surface area contributed by atoms with Crippen molar-refractivity contribution in [2.75, 3.05) is 13.2 Å². The van der Waals surface area contributed by atoms with Gasteiger partial charge in [0, 0.05) is 31.5 Å². The molecular weight excluding hydrogens is 290 g/mol. The molecule has 0 aliphatic heterocycles. The van der Waals surface area contributed by atoms with Gasteiger partial charge in [0.1, 0.15) is 11.6 Å². The summed E-state index contributed by atoms with van der Waals surface area (Å²) in [6.07, 6.45) is 3.05. The summed E-state index contributed by atoms with van der Waals surface area (Å²) in [6.45, 7) is 8.38. The lowest BCUT2D eigenvalue weighted by molar-refractivity contribution is 0.182. The van der Waals surface area contributed by atoms with Gasteiger partial charge in [0.15, 0.2) is 0 Å². The Bertz CT molecular complexity index is 597. The Morgan fingerprint density at radius 1 is 1.35 bits per heavy atom. The van der Waals surface area contributed by atoms with E-state index in [0.29, 0.717) is 6.54 Å². The van der Waals surface area contributed by atoms with Crippen molar-refractivity contribution in [3.05, 3.63) is 47.5 Å². The quantitative estimate of drug-likeness (QED) is 0.746. The SMILES string of the molecule is CCC(C)Oc1cccc(CN(CCO)Cc2cnc(C)[nH]2)c1. The first-order chi connectivity index (χ1) is 11.1. The van der Waals surface area contributed by atoms with E-state index in [2.05, 4.69) is 40.8 Å². The zero-order valence-electron chi connectivity index (χ0n) is 14.2. The highest BCUT2D eigenvalue weighted by molar-refractivity contribution is 5.28. The standard InChI is InChI=1S/C18H27N3O2/c1-4-14(2)23-18-7-5-6-16(10-18)12-21(8-9-22)13-17-11-19-15(3)20-17/h5-7,10-11,14,22H,4,8-9,12-13H2,1-3H3,(H,19,20). The van der Waals surface area contributed by atoms with Crippen LogP contribution in [0, 0.1) is 6.92 Å². The molecule has 126 valence electrons. The number of aromatic nitrogens is 2. The maximum atomic E-state index is 9.31. The molecule has 1 unspecified atom stereocenters. The molecule has 0 saturated carbocycles. The maximum absolute atomic E-state index is 9.31. The van der Waals surface area contributed by atoms with Crippen LogP contribution in [0.5, 0.6) is 5.75 Å². The highest BCUT2D eigenvalue weighted by Crippen LogP contribution is 2.18. The Labute approximate surface area is 138 Å². The number of aliphatic hydroxyl groups excluding tert-OH is 1. The van der Waals surface area contributed by atoms with Crippen LogP contribution in [-0.2, 0) is 13.1 Å². The number of H-pyrrole nitrogens is 1. The van der Waals surface area contributed by atoms with E-state index < -0.39 is 0 Å². The lowest BCUT2D eigenvalue weighted by Gasteiger charge is -2.21. The van der Waals surface area contributed by atoms with Crippen LogP contribution in [0.2, 0.25) is 0 Å². The average molecular weight is 317 g/mol. The summed E-state index contributed by atoms with van der Waals surface area (Å²) in [5.41, 5.74) is 2.23. The summed E-state index contributed by atoms with van der Waals surface area (Å²) in [7, 11) is 0. The number of ether oxygens (including phenoxy) is 1. The van der Waals surface area contributed by atoms with E-state index >= 15 is 0 Å². The molecule has 5 nitrogen and oxygen atoms in total. The van der Waals surface area contributed by atoms with Gasteiger partial charge in [0.2, 0.25) is 0 Å². The van der Waals surface area contributed by atoms with Gasteiger partial charge in [-0.25, -0.2) is 4.98 Å². The van der Waals surface area contributed by atoms with Gasteiger partial charge in [-0.2, -0.15) is 0 Å². The van der Waals surface area contributed by atoms with Crippen LogP contribution < -0.4 is 4.74 Å². The minimum Gasteiger partial charge on any atom is -0.491 e. The molecule has 2 N–H and O–H groups in total. The summed E-state index contributed by atoms with van der Waals surface area (Å²) in [6, 6.07) is 8.18. The van der Waals surface area contributed by atoms with Gasteiger partial charge in [-0.15, -0.1) is 0 Å². The van der Waals surface area contributed by atoms with Crippen LogP contribution in [-0.4, -0.2) is 39.2 Å². The average Bonchev–Trinajstić information content (AvgIpc) is 2.93. The molecule has 0 bridgehead atoms. The van der Waals surface area contributed by atoms with Crippen LogP contribution >= 0.6 is 0 Å². The molecule has 1 aromatic heterocycles. The van der Waals surface area contributed by atoms with E-state index in [1.54, 1.807) is 0 Å². The van der Waals surface area contributed by atoms with Crippen molar-refractivity contribution in [2.45, 2.75) is 46.4 Å². The van der Waals surface area contributed by atoms with E-state index in [0.717, 1.165) is 36.8 Å². The molecule has 5 heteroatoms. The van der Waals surface area contributed by atoms with Gasteiger partial charge < -0.3 is 14.8 Å². The van der Waals surface area contributed by atoms with E-state index in [1.165, 1.54) is 5.56 Å². The van der Waals surface area contributed by atoms with Gasteiger partial charge in [-0.05, 0) is 38.0 Å². The number of hydrogen-bond donors (Lipinski definition) is 2. The van der Waals surface area contributed by atoms with Crippen molar-refractivity contribution in [3.63, 3.8) is 0 Å². The second-order valence-electron chi connectivity index (χ2n) is 5.91. The first kappa shape index (κ1) is 17.5. The first-order valence-electron chi connectivity index (χ1n) is 8.20. The molecule has 1 atom stereocenters. The minimum absolute atomic E-state index is 0.135. The van der Waals surface area contributed by atoms with E-state index in [4.69, 9.17) is 4.74 Å². The van der Waals surface area contributed by atoms with Crippen molar-refractivity contribution < 1.29 is 9.84 Å². The Morgan fingerprint density at radius 2 is 2.17 bits per heavy atom. The highest BCUT2D eigenvalue weighted by Gasteiger charge is 2.09. The largest absolute Gasteiger partial charge is 0.491 e. The zero-order chi connectivity index (χ0) is 16.7. The highest BCUT2D eigenvalue weighted by atomic mass is 16.5. The molecule has 1 aromatic carbocycles. The summed E-state index contributed by atoms with van der Waals surface area (Å²) < 4.78 is 5.88. The predicted molar refractivity (Wildman–Crippen MR) is 91.3 cm³/mol. The fraction of sp³-hybridized carbons (Fsp3) is 0.500. The second kappa shape index (κ2) is 8.70. The lowest BCUT2D eigenvalue weighted by Crippen LogP contribution is -2.26. The molecule has 1 heterocycles. The minimum atomic E-state index is 0.135. The van der Waals surface area contributed by atoms with Crippen molar-refractivity contribution in [3.8, 4) is 5.75 Å². The van der Waals surface area contributed by atoms with E-state index in [1.807, 2.05) is 25.3 Å². The summed E-state index contributed by atoms with van der Waals surface area (Å²) in [5.74, 6) is 1.81. The van der Waals surface area contributed by atoms with Gasteiger partial charge in [0.05, 0.1) is 12.7 Å². The van der Waals surface area contributed by atoms with Crippen LogP contribution in [0.25, 0.3) is 0 Å². The fourth-order valence-electron chi connectivity index (χ4n) is 2.44. The molecule has 0 amide bonds. The number of nitrogens with one attached hydrogen (secondary N) is 1. The summed E-state index contributed by atoms with van der Waals surface area (Å²) in [4.78, 5) is 9.65. The van der Waals surface area contributed by atoms with Crippen LogP contribution in [0.15, 0.2) is 30.5 Å². The topological polar surface area (TPSA) is 61.4 Å². The van der Waals surface area contributed by atoms with Crippen molar-refractivity contribution in [2.24, 2.45) is 0 Å². The maximum Gasteiger partial charge on any atom is 0.120 e. The predicted octanol–water partition coefficient (Wildman–Crippen LogP) is 2.89. The monoisotopic (exact) mass is 317 g/mol. The molecule has 0 spiro atoms. The second-order valence-corrected chi connectivity index (χ2v) is 5.91. The van der Waals surface area contributed by atoms with E-state index in [9.17, 15) is 5.11 Å². The smallest absolute Gasteiger partial charge is 0.120 e. The molecule has 23 heavy (non-hydrogen) atoms. The molecule has 0 aliphatic carbocycles. The third-order valence-corrected chi connectivity index (χ3v) is 3.78. The molecule has 0 fully saturated rings. The number of hydrogen-bond acceptors (Lipinski definition) is 4. The van der Waals surface area contributed by atoms with Gasteiger partial charge in [0.25, 0.3) is 0 Å². The number of aliphatic hydroxyl groups is 1. The fourth-order valence-corrected chi connectivity index (χ4v) is 2.44. The Morgan fingerprint density at radius 3 is 2.83 bits per heavy atom. The Kier molecular flexibility index (Phi) is 6.62. The van der Waals surface area contributed by atoms with Crippen molar-refractivity contribution in [1.29, 1.82) is 0 Å². The van der Waals surface area contributed by atoms with Crippen LogP contribution in [0.3, 0.4) is 0 Å². The van der Waals surface area contributed by atoms with Crippen molar-refractivity contribution >= 4 is 0 Å². The molecular formula is C18H27N3O2. The Balaban J connectivity index is 2.02. The summed E-state index contributed by atoms with van der Waals surface area (Å²) in [5, 5.41) is 9.31. The van der Waals surface area contributed by atoms with E-state index in [-0.39, 0.29) is 12.7 Å². The number of aryl methyl sites for hydroxylation is 1. The molecule has 2 rings (SSSR count). The first-order valence-corrected chi connectivity index (χ1v) is 8.20. The Hall–Kier alpha value is -1.85. The van der Waals surface area contributed by atoms with Gasteiger partial charge >= 0.3 is 0 Å². The third-order valence-electron chi connectivity index (χ3n) is 3.78. The summed E-state index contributed by atoms with van der Waals surface area (Å²) >= 11 is 0.